The lowest BCUT2D eigenvalue weighted by atomic mass is 10.1. The summed E-state index contributed by atoms with van der Waals surface area (Å²) in [4.78, 5) is 0. The maximum absolute atomic E-state index is 4.46. The smallest absolute Gasteiger partial charge is 0.0671 e. The van der Waals surface area contributed by atoms with Crippen LogP contribution in [0.2, 0.25) is 0 Å². The molecule has 2 rings (SSSR count). The monoisotopic (exact) mass is 321 g/mol. The molecule has 0 bridgehead atoms. The number of benzene rings is 1. The molecule has 0 aliphatic rings. The highest BCUT2D eigenvalue weighted by Crippen LogP contribution is 2.25. The lowest BCUT2D eigenvalue weighted by molar-refractivity contribution is 0.746. The molecule has 0 atom stereocenters. The number of nitrogens with zero attached hydrogens (tertiary/aromatic N) is 2. The van der Waals surface area contributed by atoms with E-state index in [1.165, 1.54) is 26.9 Å². The van der Waals surface area contributed by atoms with Gasteiger partial charge in [-0.25, -0.2) is 0 Å². The summed E-state index contributed by atoms with van der Waals surface area (Å²) in [7, 11) is 1.97. The topological polar surface area (TPSA) is 29.9 Å². The molecule has 0 radical (unpaired) electrons. The van der Waals surface area contributed by atoms with Crippen LogP contribution in [0.5, 0.6) is 0 Å². The van der Waals surface area contributed by atoms with Crippen LogP contribution in [0, 0.1) is 13.8 Å². The summed E-state index contributed by atoms with van der Waals surface area (Å²) in [6.45, 7) is 7.19. The molecule has 0 unspecified atom stereocenters. The van der Waals surface area contributed by atoms with Gasteiger partial charge >= 0.3 is 0 Å². The highest BCUT2D eigenvalue weighted by Gasteiger charge is 2.06. The van der Waals surface area contributed by atoms with Crippen molar-refractivity contribution in [2.75, 3.05) is 5.32 Å². The predicted octanol–water partition coefficient (Wildman–Crippen LogP) is 3.97. The SMILES string of the molecule is CCc1nn(C)cc1CNc1cc(C)c(Br)c(C)c1. The summed E-state index contributed by atoms with van der Waals surface area (Å²) in [5.74, 6) is 0. The zero-order valence-electron chi connectivity index (χ0n) is 11.9. The molecule has 1 aromatic heterocycles. The van der Waals surface area contributed by atoms with Gasteiger partial charge in [-0.15, -0.1) is 0 Å². The number of nitrogens with one attached hydrogen (secondary N) is 1. The fourth-order valence-electron chi connectivity index (χ4n) is 2.27. The Balaban J connectivity index is 2.14. The van der Waals surface area contributed by atoms with Gasteiger partial charge in [-0.2, -0.15) is 5.10 Å². The third kappa shape index (κ3) is 3.18. The molecule has 1 N–H and O–H groups in total. The number of aryl methyl sites for hydroxylation is 4. The van der Waals surface area contributed by atoms with Crippen LogP contribution in [-0.2, 0) is 20.0 Å². The van der Waals surface area contributed by atoms with Crippen molar-refractivity contribution < 1.29 is 0 Å². The van der Waals surface area contributed by atoms with Gasteiger partial charge in [-0.1, -0.05) is 22.9 Å². The minimum Gasteiger partial charge on any atom is -0.381 e. The zero-order valence-corrected chi connectivity index (χ0v) is 13.5. The summed E-state index contributed by atoms with van der Waals surface area (Å²) in [5, 5.41) is 7.94. The highest BCUT2D eigenvalue weighted by atomic mass is 79.9. The summed E-state index contributed by atoms with van der Waals surface area (Å²) in [6.07, 6.45) is 3.06. The average molecular weight is 322 g/mol. The number of hydrogen-bond donors (Lipinski definition) is 1. The average Bonchev–Trinajstić information content (AvgIpc) is 2.73. The van der Waals surface area contributed by atoms with E-state index in [0.29, 0.717) is 0 Å². The van der Waals surface area contributed by atoms with E-state index in [4.69, 9.17) is 0 Å². The Kier molecular flexibility index (Phi) is 4.30. The number of hydrogen-bond acceptors (Lipinski definition) is 2. The van der Waals surface area contributed by atoms with Gasteiger partial charge in [0.1, 0.15) is 0 Å². The largest absolute Gasteiger partial charge is 0.381 e. The highest BCUT2D eigenvalue weighted by molar-refractivity contribution is 9.10. The van der Waals surface area contributed by atoms with Gasteiger partial charge in [0.25, 0.3) is 0 Å². The molecular weight excluding hydrogens is 302 g/mol. The number of aromatic nitrogens is 2. The Morgan fingerprint density at radius 1 is 1.26 bits per heavy atom. The first-order valence-electron chi connectivity index (χ1n) is 6.53. The van der Waals surface area contributed by atoms with Gasteiger partial charge in [-0.3, -0.25) is 4.68 Å². The molecule has 0 saturated carbocycles. The summed E-state index contributed by atoms with van der Waals surface area (Å²) >= 11 is 3.59. The van der Waals surface area contributed by atoms with Gasteiger partial charge in [0, 0.05) is 35.5 Å². The molecule has 102 valence electrons. The van der Waals surface area contributed by atoms with Crippen LogP contribution in [-0.4, -0.2) is 9.78 Å². The number of halogens is 1. The minimum absolute atomic E-state index is 0.817. The van der Waals surface area contributed by atoms with Crippen LogP contribution < -0.4 is 5.32 Å². The molecule has 1 aromatic carbocycles. The first-order valence-corrected chi connectivity index (χ1v) is 7.32. The molecular formula is C15H20BrN3. The van der Waals surface area contributed by atoms with Gasteiger partial charge in [0.15, 0.2) is 0 Å². The molecule has 0 fully saturated rings. The standard InChI is InChI=1S/C15H20BrN3/c1-5-14-12(9-19(4)18-14)8-17-13-6-10(2)15(16)11(3)7-13/h6-7,9,17H,5,8H2,1-4H3. The van der Waals surface area contributed by atoms with Crippen LogP contribution in [0.15, 0.2) is 22.8 Å². The number of rotatable bonds is 4. The third-order valence-electron chi connectivity index (χ3n) is 3.25. The summed E-state index contributed by atoms with van der Waals surface area (Å²) < 4.78 is 3.07. The third-order valence-corrected chi connectivity index (χ3v) is 4.50. The number of anilines is 1. The van der Waals surface area contributed by atoms with Gasteiger partial charge < -0.3 is 5.32 Å². The molecule has 0 saturated heterocycles. The van der Waals surface area contributed by atoms with Crippen molar-refractivity contribution in [3.63, 3.8) is 0 Å². The van der Waals surface area contributed by atoms with E-state index in [1.807, 2.05) is 11.7 Å². The maximum atomic E-state index is 4.46. The van der Waals surface area contributed by atoms with Crippen LogP contribution in [0.4, 0.5) is 5.69 Å². The fourth-order valence-corrected chi connectivity index (χ4v) is 2.50. The quantitative estimate of drug-likeness (QED) is 0.923. The minimum atomic E-state index is 0.817. The molecule has 4 heteroatoms. The lowest BCUT2D eigenvalue weighted by Crippen LogP contribution is -2.02. The molecule has 1 heterocycles. The van der Waals surface area contributed by atoms with E-state index in [9.17, 15) is 0 Å². The van der Waals surface area contributed by atoms with Crippen molar-refractivity contribution in [1.82, 2.24) is 9.78 Å². The molecule has 19 heavy (non-hydrogen) atoms. The Morgan fingerprint density at radius 2 is 1.89 bits per heavy atom. The Labute approximate surface area is 123 Å². The summed E-state index contributed by atoms with van der Waals surface area (Å²) in [6, 6.07) is 4.33. The Morgan fingerprint density at radius 3 is 2.47 bits per heavy atom. The van der Waals surface area contributed by atoms with Gasteiger partial charge in [0.2, 0.25) is 0 Å². The van der Waals surface area contributed by atoms with Gasteiger partial charge in [0.05, 0.1) is 5.69 Å². The Hall–Kier alpha value is -1.29. The van der Waals surface area contributed by atoms with E-state index in [2.05, 4.69) is 65.4 Å². The van der Waals surface area contributed by atoms with Crippen molar-refractivity contribution in [2.45, 2.75) is 33.7 Å². The van der Waals surface area contributed by atoms with Crippen molar-refractivity contribution >= 4 is 21.6 Å². The molecule has 0 amide bonds. The second-order valence-electron chi connectivity index (χ2n) is 4.91. The van der Waals surface area contributed by atoms with Crippen molar-refractivity contribution in [1.29, 1.82) is 0 Å². The fraction of sp³-hybridized carbons (Fsp3) is 0.400. The van der Waals surface area contributed by atoms with Crippen molar-refractivity contribution in [3.8, 4) is 0 Å². The molecule has 0 aliphatic heterocycles. The lowest BCUT2D eigenvalue weighted by Gasteiger charge is -2.10. The van der Waals surface area contributed by atoms with Crippen molar-refractivity contribution in [2.24, 2.45) is 7.05 Å². The second kappa shape index (κ2) is 5.78. The van der Waals surface area contributed by atoms with Crippen LogP contribution in [0.25, 0.3) is 0 Å². The normalized spacial score (nSPS) is 10.8. The Bertz CT molecular complexity index is 564. The van der Waals surface area contributed by atoms with E-state index in [-0.39, 0.29) is 0 Å². The van der Waals surface area contributed by atoms with Crippen molar-refractivity contribution in [3.05, 3.63) is 45.2 Å². The first kappa shape index (κ1) is 14.1. The van der Waals surface area contributed by atoms with E-state index in [1.54, 1.807) is 0 Å². The first-order chi connectivity index (χ1) is 9.01. The van der Waals surface area contributed by atoms with Crippen LogP contribution >= 0.6 is 15.9 Å². The molecule has 3 nitrogen and oxygen atoms in total. The van der Waals surface area contributed by atoms with Gasteiger partial charge in [-0.05, 0) is 43.5 Å². The van der Waals surface area contributed by atoms with Crippen LogP contribution in [0.3, 0.4) is 0 Å². The second-order valence-corrected chi connectivity index (χ2v) is 5.70. The maximum Gasteiger partial charge on any atom is 0.0671 e. The molecule has 0 spiro atoms. The summed E-state index contributed by atoms with van der Waals surface area (Å²) in [5.41, 5.74) is 6.10. The van der Waals surface area contributed by atoms with E-state index < -0.39 is 0 Å². The molecule has 2 aromatic rings. The predicted molar refractivity (Wildman–Crippen MR) is 83.5 cm³/mol. The van der Waals surface area contributed by atoms with Crippen LogP contribution in [0.1, 0.15) is 29.3 Å². The van der Waals surface area contributed by atoms with E-state index in [0.717, 1.165) is 18.7 Å². The van der Waals surface area contributed by atoms with E-state index >= 15 is 0 Å². The zero-order chi connectivity index (χ0) is 14.0. The molecule has 0 aliphatic carbocycles.